The van der Waals surface area contributed by atoms with Crippen LogP contribution in [0.4, 0.5) is 0 Å². The molecule has 20 heavy (non-hydrogen) atoms. The Morgan fingerprint density at radius 1 is 1.25 bits per heavy atom. The van der Waals surface area contributed by atoms with Crippen LogP contribution in [0.5, 0.6) is 0 Å². The van der Waals surface area contributed by atoms with Crippen LogP contribution in [0.1, 0.15) is 51.3 Å². The Bertz CT molecular complexity index is 394. The molecule has 1 saturated heterocycles. The van der Waals surface area contributed by atoms with Gasteiger partial charge in [-0.1, -0.05) is 25.0 Å². The number of aromatic amines is 1. The van der Waals surface area contributed by atoms with Crippen LogP contribution in [-0.2, 0) is 11.2 Å². The zero-order chi connectivity index (χ0) is 14.2. The van der Waals surface area contributed by atoms with E-state index in [1.807, 2.05) is 5.01 Å². The number of tetrazole rings is 1. The van der Waals surface area contributed by atoms with E-state index in [2.05, 4.69) is 32.6 Å². The minimum atomic E-state index is 0.282. The Balaban J connectivity index is 1.58. The molecule has 1 aromatic rings. The number of hydrogen-bond donors (Lipinski definition) is 1. The van der Waals surface area contributed by atoms with Gasteiger partial charge in [-0.15, -0.1) is 10.2 Å². The smallest absolute Gasteiger partial charge is 0.236 e. The molecule has 1 aromatic heterocycles. The van der Waals surface area contributed by atoms with Crippen molar-refractivity contribution in [3.05, 3.63) is 5.82 Å². The molecule has 112 valence electrons. The number of unbranched alkanes of at least 4 members (excludes halogenated alkanes) is 3. The van der Waals surface area contributed by atoms with Gasteiger partial charge in [0, 0.05) is 32.5 Å². The van der Waals surface area contributed by atoms with E-state index < -0.39 is 0 Å². The lowest BCUT2D eigenvalue weighted by molar-refractivity contribution is -0.155. The van der Waals surface area contributed by atoms with E-state index in [9.17, 15) is 4.79 Å². The van der Waals surface area contributed by atoms with E-state index in [4.69, 9.17) is 0 Å². The third-order valence-electron chi connectivity index (χ3n) is 3.71. The SMILES string of the molecule is CCN1CCCC(=O)N1CCCCCCc1nn[nH]n1. The van der Waals surface area contributed by atoms with Crippen molar-refractivity contribution in [1.82, 2.24) is 30.6 Å². The number of H-pyrrole nitrogens is 1. The molecule has 1 amide bonds. The van der Waals surface area contributed by atoms with Crippen LogP contribution < -0.4 is 0 Å². The normalized spacial score (nSPS) is 16.9. The van der Waals surface area contributed by atoms with Crippen molar-refractivity contribution in [3.63, 3.8) is 0 Å². The molecular weight excluding hydrogens is 256 g/mol. The highest BCUT2D eigenvalue weighted by Gasteiger charge is 2.23. The first-order valence-electron chi connectivity index (χ1n) is 7.59. The zero-order valence-corrected chi connectivity index (χ0v) is 12.2. The van der Waals surface area contributed by atoms with Gasteiger partial charge in [0.2, 0.25) is 5.91 Å². The van der Waals surface area contributed by atoms with Gasteiger partial charge in [-0.2, -0.15) is 5.21 Å². The van der Waals surface area contributed by atoms with Crippen molar-refractivity contribution >= 4 is 5.91 Å². The Morgan fingerprint density at radius 2 is 2.10 bits per heavy atom. The third-order valence-corrected chi connectivity index (χ3v) is 3.71. The number of carbonyl (C=O) groups excluding carboxylic acids is 1. The van der Waals surface area contributed by atoms with E-state index in [1.165, 1.54) is 0 Å². The fourth-order valence-electron chi connectivity index (χ4n) is 2.60. The maximum atomic E-state index is 11.9. The first-order chi connectivity index (χ1) is 9.81. The minimum absolute atomic E-state index is 0.282. The van der Waals surface area contributed by atoms with Crippen molar-refractivity contribution in [1.29, 1.82) is 0 Å². The molecule has 0 aliphatic carbocycles. The zero-order valence-electron chi connectivity index (χ0n) is 12.2. The molecule has 2 heterocycles. The predicted molar refractivity (Wildman–Crippen MR) is 74.5 cm³/mol. The van der Waals surface area contributed by atoms with Crippen LogP contribution >= 0.6 is 0 Å². The van der Waals surface area contributed by atoms with Gasteiger partial charge in [-0.05, 0) is 19.3 Å². The van der Waals surface area contributed by atoms with Crippen molar-refractivity contribution < 1.29 is 4.79 Å². The Labute approximate surface area is 119 Å². The summed E-state index contributed by atoms with van der Waals surface area (Å²) in [7, 11) is 0. The summed E-state index contributed by atoms with van der Waals surface area (Å²) in [5.74, 6) is 1.07. The van der Waals surface area contributed by atoms with E-state index in [0.717, 1.165) is 64.0 Å². The number of amides is 1. The summed E-state index contributed by atoms with van der Waals surface area (Å²) in [6, 6.07) is 0. The molecule has 1 fully saturated rings. The first kappa shape index (κ1) is 14.9. The lowest BCUT2D eigenvalue weighted by Crippen LogP contribution is -2.50. The van der Waals surface area contributed by atoms with Crippen molar-refractivity contribution in [2.75, 3.05) is 19.6 Å². The van der Waals surface area contributed by atoms with Gasteiger partial charge in [0.25, 0.3) is 0 Å². The molecule has 7 heteroatoms. The molecule has 2 rings (SSSR count). The lowest BCUT2D eigenvalue weighted by Gasteiger charge is -2.38. The standard InChI is InChI=1S/C13H24N6O/c1-2-18-10-7-9-13(20)19(18)11-6-4-3-5-8-12-14-16-17-15-12/h2-11H2,1H3,(H,14,15,16,17). The maximum absolute atomic E-state index is 11.9. The van der Waals surface area contributed by atoms with Crippen LogP contribution in [0.25, 0.3) is 0 Å². The number of aryl methyl sites for hydroxylation is 1. The summed E-state index contributed by atoms with van der Waals surface area (Å²) in [6.07, 6.45) is 6.99. The van der Waals surface area contributed by atoms with Gasteiger partial charge >= 0.3 is 0 Å². The van der Waals surface area contributed by atoms with Crippen LogP contribution in [0.15, 0.2) is 0 Å². The molecule has 0 saturated carbocycles. The molecular formula is C13H24N6O. The summed E-state index contributed by atoms with van der Waals surface area (Å²) >= 11 is 0. The number of nitrogens with one attached hydrogen (secondary N) is 1. The topological polar surface area (TPSA) is 78.0 Å². The van der Waals surface area contributed by atoms with Crippen LogP contribution in [0.3, 0.4) is 0 Å². The van der Waals surface area contributed by atoms with Crippen LogP contribution in [-0.4, -0.2) is 56.2 Å². The monoisotopic (exact) mass is 280 g/mol. The van der Waals surface area contributed by atoms with Crippen LogP contribution in [0.2, 0.25) is 0 Å². The maximum Gasteiger partial charge on any atom is 0.236 e. The summed E-state index contributed by atoms with van der Waals surface area (Å²) in [5.41, 5.74) is 0. The highest BCUT2D eigenvalue weighted by Crippen LogP contribution is 2.13. The van der Waals surface area contributed by atoms with Gasteiger partial charge in [-0.3, -0.25) is 9.80 Å². The van der Waals surface area contributed by atoms with Gasteiger partial charge in [-0.25, -0.2) is 5.01 Å². The second kappa shape index (κ2) is 7.94. The highest BCUT2D eigenvalue weighted by molar-refractivity contribution is 5.76. The average Bonchev–Trinajstić information content (AvgIpc) is 2.97. The van der Waals surface area contributed by atoms with E-state index in [1.54, 1.807) is 0 Å². The van der Waals surface area contributed by atoms with Crippen molar-refractivity contribution in [2.24, 2.45) is 0 Å². The van der Waals surface area contributed by atoms with Gasteiger partial charge in [0.15, 0.2) is 5.82 Å². The summed E-state index contributed by atoms with van der Waals surface area (Å²) < 4.78 is 0. The molecule has 1 aliphatic heterocycles. The van der Waals surface area contributed by atoms with E-state index in [0.29, 0.717) is 6.42 Å². The average molecular weight is 280 g/mol. The minimum Gasteiger partial charge on any atom is -0.275 e. The molecule has 7 nitrogen and oxygen atoms in total. The van der Waals surface area contributed by atoms with Crippen molar-refractivity contribution in [3.8, 4) is 0 Å². The van der Waals surface area contributed by atoms with E-state index in [-0.39, 0.29) is 5.91 Å². The second-order valence-corrected chi connectivity index (χ2v) is 5.16. The Kier molecular flexibility index (Phi) is 5.91. The fraction of sp³-hybridized carbons (Fsp3) is 0.846. The molecule has 0 aromatic carbocycles. The highest BCUT2D eigenvalue weighted by atomic mass is 16.2. The van der Waals surface area contributed by atoms with Gasteiger partial charge in [0.1, 0.15) is 0 Å². The third kappa shape index (κ3) is 4.26. The Hall–Kier alpha value is -1.50. The summed E-state index contributed by atoms with van der Waals surface area (Å²) in [4.78, 5) is 11.9. The fourth-order valence-corrected chi connectivity index (χ4v) is 2.60. The molecule has 1 N–H and O–H groups in total. The predicted octanol–water partition coefficient (Wildman–Crippen LogP) is 1.16. The molecule has 1 aliphatic rings. The van der Waals surface area contributed by atoms with Gasteiger partial charge in [0.05, 0.1) is 0 Å². The number of nitrogens with zero attached hydrogens (tertiary/aromatic N) is 5. The largest absolute Gasteiger partial charge is 0.275 e. The first-order valence-corrected chi connectivity index (χ1v) is 7.59. The second-order valence-electron chi connectivity index (χ2n) is 5.16. The lowest BCUT2D eigenvalue weighted by atomic mass is 10.1. The number of hydrogen-bond acceptors (Lipinski definition) is 5. The molecule has 0 bridgehead atoms. The molecule has 0 radical (unpaired) electrons. The number of carbonyl (C=O) groups is 1. The summed E-state index contributed by atoms with van der Waals surface area (Å²) in [6.45, 7) is 4.90. The summed E-state index contributed by atoms with van der Waals surface area (Å²) in [5, 5.41) is 18.0. The molecule has 0 unspecified atom stereocenters. The number of hydrazine groups is 1. The Morgan fingerprint density at radius 3 is 2.85 bits per heavy atom. The number of rotatable bonds is 8. The quantitative estimate of drug-likeness (QED) is 0.723. The molecule has 0 atom stereocenters. The van der Waals surface area contributed by atoms with Gasteiger partial charge < -0.3 is 0 Å². The van der Waals surface area contributed by atoms with Crippen LogP contribution in [0, 0.1) is 0 Å². The van der Waals surface area contributed by atoms with E-state index >= 15 is 0 Å². The van der Waals surface area contributed by atoms with Crippen molar-refractivity contribution in [2.45, 2.75) is 51.9 Å². The molecule has 0 spiro atoms. The number of aromatic nitrogens is 4.